The zero-order valence-corrected chi connectivity index (χ0v) is 16.5. The van der Waals surface area contributed by atoms with E-state index in [0.29, 0.717) is 51.4 Å². The Morgan fingerprint density at radius 1 is 1.10 bits per heavy atom. The molecule has 2 aromatic rings. The molecule has 4 rings (SSSR count). The number of amides is 2. The lowest BCUT2D eigenvalue weighted by atomic mass is 10.2. The summed E-state index contributed by atoms with van der Waals surface area (Å²) in [5.74, 6) is 1.21. The fourth-order valence-corrected chi connectivity index (χ4v) is 3.85. The van der Waals surface area contributed by atoms with Gasteiger partial charge in [-0.2, -0.15) is 0 Å². The molecule has 3 heterocycles. The van der Waals surface area contributed by atoms with Crippen LogP contribution in [0.15, 0.2) is 52.1 Å². The van der Waals surface area contributed by atoms with E-state index in [-0.39, 0.29) is 11.8 Å². The molecule has 2 amide bonds. The number of nitrogens with zero attached hydrogens (tertiary/aromatic N) is 4. The standard InChI is InChI=1S/C21H25N5O3/c1-22-21(23-8-9-26-17-6-3-2-5-16(17)15-19(26)27)25-12-10-24(11-13-25)20(28)18-7-4-14-29-18/h2-7,14H,8-13,15H2,1H3,(H,22,23). The lowest BCUT2D eigenvalue weighted by molar-refractivity contribution is -0.117. The van der Waals surface area contributed by atoms with Crippen LogP contribution in [0.5, 0.6) is 0 Å². The number of aliphatic imine (C=N–C) groups is 1. The smallest absolute Gasteiger partial charge is 0.289 e. The maximum atomic E-state index is 12.4. The van der Waals surface area contributed by atoms with E-state index in [4.69, 9.17) is 4.42 Å². The number of furan rings is 1. The number of guanidine groups is 1. The van der Waals surface area contributed by atoms with Gasteiger partial charge in [-0.15, -0.1) is 0 Å². The number of hydrogen-bond acceptors (Lipinski definition) is 4. The Hall–Kier alpha value is -3.29. The first-order valence-corrected chi connectivity index (χ1v) is 9.84. The molecule has 0 aliphatic carbocycles. The van der Waals surface area contributed by atoms with E-state index >= 15 is 0 Å². The van der Waals surface area contributed by atoms with Crippen LogP contribution >= 0.6 is 0 Å². The van der Waals surface area contributed by atoms with Gasteiger partial charge in [0.15, 0.2) is 11.7 Å². The summed E-state index contributed by atoms with van der Waals surface area (Å²) < 4.78 is 5.21. The van der Waals surface area contributed by atoms with Crippen molar-refractivity contribution in [2.75, 3.05) is 51.2 Å². The van der Waals surface area contributed by atoms with Crippen molar-refractivity contribution in [3.63, 3.8) is 0 Å². The molecule has 1 fully saturated rings. The third-order valence-corrected chi connectivity index (χ3v) is 5.35. The van der Waals surface area contributed by atoms with Crippen LogP contribution in [0.2, 0.25) is 0 Å². The number of anilines is 1. The molecule has 2 aliphatic heterocycles. The number of para-hydroxylation sites is 1. The van der Waals surface area contributed by atoms with Crippen molar-refractivity contribution in [1.29, 1.82) is 0 Å². The maximum Gasteiger partial charge on any atom is 0.289 e. The number of piperazine rings is 1. The minimum Gasteiger partial charge on any atom is -0.459 e. The summed E-state index contributed by atoms with van der Waals surface area (Å²) >= 11 is 0. The third-order valence-electron chi connectivity index (χ3n) is 5.35. The molecule has 1 aromatic carbocycles. The first-order chi connectivity index (χ1) is 14.2. The van der Waals surface area contributed by atoms with Gasteiger partial charge in [0.2, 0.25) is 5.91 Å². The molecule has 0 unspecified atom stereocenters. The first kappa shape index (κ1) is 19.0. The van der Waals surface area contributed by atoms with Crippen molar-refractivity contribution in [3.8, 4) is 0 Å². The van der Waals surface area contributed by atoms with Gasteiger partial charge in [0.1, 0.15) is 0 Å². The molecule has 0 radical (unpaired) electrons. The summed E-state index contributed by atoms with van der Waals surface area (Å²) in [6, 6.07) is 11.3. The minimum absolute atomic E-state index is 0.0798. The van der Waals surface area contributed by atoms with Gasteiger partial charge >= 0.3 is 0 Å². The Labute approximate surface area is 169 Å². The number of fused-ring (bicyclic) bond motifs is 1. The Kier molecular flexibility index (Phi) is 5.50. The summed E-state index contributed by atoms with van der Waals surface area (Å²) in [5, 5.41) is 3.35. The SMILES string of the molecule is CN=C(NCCN1C(=O)Cc2ccccc21)N1CCN(C(=O)c2ccco2)CC1. The number of carbonyl (C=O) groups is 2. The molecular formula is C21H25N5O3. The normalized spacial score (nSPS) is 16.9. The average molecular weight is 395 g/mol. The van der Waals surface area contributed by atoms with E-state index in [0.717, 1.165) is 17.2 Å². The van der Waals surface area contributed by atoms with Crippen molar-refractivity contribution in [2.24, 2.45) is 4.99 Å². The van der Waals surface area contributed by atoms with Crippen molar-refractivity contribution in [3.05, 3.63) is 54.0 Å². The number of nitrogens with one attached hydrogen (secondary N) is 1. The van der Waals surface area contributed by atoms with Crippen LogP contribution in [-0.4, -0.2) is 73.9 Å². The first-order valence-electron chi connectivity index (χ1n) is 9.84. The molecule has 0 bridgehead atoms. The Morgan fingerprint density at radius 2 is 1.86 bits per heavy atom. The highest BCUT2D eigenvalue weighted by molar-refractivity contribution is 6.01. The molecule has 152 valence electrons. The largest absolute Gasteiger partial charge is 0.459 e. The fraction of sp³-hybridized carbons (Fsp3) is 0.381. The van der Waals surface area contributed by atoms with Crippen LogP contribution in [-0.2, 0) is 11.2 Å². The number of carbonyl (C=O) groups excluding carboxylic acids is 2. The van der Waals surface area contributed by atoms with Gasteiger partial charge in [0.25, 0.3) is 5.91 Å². The van der Waals surface area contributed by atoms with E-state index in [9.17, 15) is 9.59 Å². The van der Waals surface area contributed by atoms with Crippen molar-refractivity contribution in [1.82, 2.24) is 15.1 Å². The Bertz CT molecular complexity index is 901. The van der Waals surface area contributed by atoms with E-state index in [2.05, 4.69) is 15.2 Å². The molecule has 1 saturated heterocycles. The summed E-state index contributed by atoms with van der Waals surface area (Å²) in [6.45, 7) is 3.80. The third kappa shape index (κ3) is 3.96. The summed E-state index contributed by atoms with van der Waals surface area (Å²) in [6.07, 6.45) is 1.98. The molecule has 8 nitrogen and oxygen atoms in total. The van der Waals surface area contributed by atoms with Crippen molar-refractivity contribution in [2.45, 2.75) is 6.42 Å². The van der Waals surface area contributed by atoms with Crippen molar-refractivity contribution >= 4 is 23.5 Å². The van der Waals surface area contributed by atoms with Gasteiger partial charge in [0.05, 0.1) is 12.7 Å². The zero-order chi connectivity index (χ0) is 20.2. The highest BCUT2D eigenvalue weighted by atomic mass is 16.3. The van der Waals surface area contributed by atoms with E-state index < -0.39 is 0 Å². The van der Waals surface area contributed by atoms with Gasteiger partial charge in [0, 0.05) is 52.0 Å². The second kappa shape index (κ2) is 8.38. The Morgan fingerprint density at radius 3 is 2.59 bits per heavy atom. The average Bonchev–Trinajstić information content (AvgIpc) is 3.39. The molecule has 1 aromatic heterocycles. The number of benzene rings is 1. The van der Waals surface area contributed by atoms with E-state index in [1.165, 1.54) is 6.26 Å². The van der Waals surface area contributed by atoms with Crippen molar-refractivity contribution < 1.29 is 14.0 Å². The number of hydrogen-bond donors (Lipinski definition) is 1. The van der Waals surface area contributed by atoms with Gasteiger partial charge in [-0.05, 0) is 23.8 Å². The molecule has 1 N–H and O–H groups in total. The van der Waals surface area contributed by atoms with Gasteiger partial charge < -0.3 is 24.4 Å². The molecule has 29 heavy (non-hydrogen) atoms. The maximum absolute atomic E-state index is 12.4. The highest BCUT2D eigenvalue weighted by Gasteiger charge is 2.27. The quantitative estimate of drug-likeness (QED) is 0.622. The summed E-state index contributed by atoms with van der Waals surface area (Å²) in [4.78, 5) is 34.8. The highest BCUT2D eigenvalue weighted by Crippen LogP contribution is 2.27. The second-order valence-electron chi connectivity index (χ2n) is 7.08. The monoisotopic (exact) mass is 395 g/mol. The topological polar surface area (TPSA) is 81.4 Å². The van der Waals surface area contributed by atoms with Crippen LogP contribution in [0.4, 0.5) is 5.69 Å². The molecule has 0 spiro atoms. The summed E-state index contributed by atoms with van der Waals surface area (Å²) in [7, 11) is 1.75. The molecule has 0 atom stereocenters. The lowest BCUT2D eigenvalue weighted by Gasteiger charge is -2.36. The van der Waals surface area contributed by atoms with Crippen LogP contribution in [0.3, 0.4) is 0 Å². The molecule has 8 heteroatoms. The predicted molar refractivity (Wildman–Crippen MR) is 110 cm³/mol. The van der Waals surface area contributed by atoms with Crippen LogP contribution in [0.25, 0.3) is 0 Å². The second-order valence-corrected chi connectivity index (χ2v) is 7.08. The van der Waals surface area contributed by atoms with Crippen LogP contribution < -0.4 is 10.2 Å². The fourth-order valence-electron chi connectivity index (χ4n) is 3.85. The van der Waals surface area contributed by atoms with Crippen LogP contribution in [0, 0.1) is 0 Å². The Balaban J connectivity index is 1.27. The molecule has 2 aliphatic rings. The summed E-state index contributed by atoms with van der Waals surface area (Å²) in [5.41, 5.74) is 2.08. The molecule has 0 saturated carbocycles. The van der Waals surface area contributed by atoms with Gasteiger partial charge in [-0.25, -0.2) is 0 Å². The lowest BCUT2D eigenvalue weighted by Crippen LogP contribution is -2.54. The van der Waals surface area contributed by atoms with Gasteiger partial charge in [-0.3, -0.25) is 14.6 Å². The molecular weight excluding hydrogens is 370 g/mol. The predicted octanol–water partition coefficient (Wildman–Crippen LogP) is 1.20. The van der Waals surface area contributed by atoms with E-state index in [1.807, 2.05) is 29.2 Å². The number of rotatable bonds is 4. The zero-order valence-electron chi connectivity index (χ0n) is 16.5. The van der Waals surface area contributed by atoms with E-state index in [1.54, 1.807) is 24.1 Å². The van der Waals surface area contributed by atoms with Crippen LogP contribution in [0.1, 0.15) is 16.1 Å². The minimum atomic E-state index is -0.0798. The van der Waals surface area contributed by atoms with Gasteiger partial charge in [-0.1, -0.05) is 18.2 Å².